The molecule has 2 N–H and O–H groups in total. The summed E-state index contributed by atoms with van der Waals surface area (Å²) >= 11 is 0. The van der Waals surface area contributed by atoms with E-state index in [0.717, 1.165) is 18.2 Å². The lowest BCUT2D eigenvalue weighted by Crippen LogP contribution is -2.52. The van der Waals surface area contributed by atoms with Crippen LogP contribution in [0.2, 0.25) is 0 Å². The molecular formula is C25H27FN4O4. The first-order chi connectivity index (χ1) is 23.6. The molecule has 0 radical (unpaired) electrons. The van der Waals surface area contributed by atoms with E-state index in [4.69, 9.17) is 26.0 Å². The third kappa shape index (κ3) is 4.53. The molecule has 0 aliphatic carbocycles. The number of rotatable bonds is 6. The summed E-state index contributed by atoms with van der Waals surface area (Å²) in [4.78, 5) is 38.0. The van der Waals surface area contributed by atoms with Crippen LogP contribution in [0, 0.1) is 5.82 Å². The number of hydrogen-bond donors (Lipinski definition) is 2. The number of carbonyl (C=O) groups is 3. The maximum atomic E-state index is 15.8. The highest BCUT2D eigenvalue weighted by Gasteiger charge is 2.39. The van der Waals surface area contributed by atoms with Crippen LogP contribution in [0.4, 0.5) is 10.1 Å². The molecule has 1 unspecified atom stereocenters. The first-order valence-corrected chi connectivity index (χ1v) is 9.53. The Morgan fingerprint density at radius 2 is 2.06 bits per heavy atom. The average Bonchev–Trinajstić information content (AvgIpc) is 3.18. The lowest BCUT2D eigenvalue weighted by atomic mass is 10.0. The normalized spacial score (nSPS) is 42.6. The number of nitrogens with one attached hydrogen (secondary N) is 2. The van der Waals surface area contributed by atoms with Crippen molar-refractivity contribution in [3.05, 3.63) is 64.5 Å². The molecule has 8 nitrogen and oxygen atoms in total. The molecule has 5 rings (SSSR count). The zero-order valence-corrected chi connectivity index (χ0v) is 16.9. The molecule has 2 aromatic carbocycles. The second-order valence-corrected chi connectivity index (χ2v) is 6.78. The number of amides is 3. The van der Waals surface area contributed by atoms with Crippen molar-refractivity contribution in [1.82, 2.24) is 15.1 Å². The Morgan fingerprint density at radius 1 is 1.24 bits per heavy atom. The molecule has 0 aromatic heterocycles. The fourth-order valence-electron chi connectivity index (χ4n) is 3.12. The van der Waals surface area contributed by atoms with Gasteiger partial charge in [-0.05, 0) is 30.1 Å². The van der Waals surface area contributed by atoms with Gasteiger partial charge >= 0.3 is 0 Å². The molecule has 2 saturated heterocycles. The van der Waals surface area contributed by atoms with Gasteiger partial charge in [0.2, 0.25) is 11.8 Å². The van der Waals surface area contributed by atoms with Crippen molar-refractivity contribution in [2.75, 3.05) is 31.4 Å². The molecule has 3 heterocycles. The maximum Gasteiger partial charge on any atom is 0.255 e. The quantitative estimate of drug-likeness (QED) is 0.609. The molecular weight excluding hydrogens is 439 g/mol. The van der Waals surface area contributed by atoms with Crippen LogP contribution in [0.5, 0.6) is 0 Å². The van der Waals surface area contributed by atoms with E-state index in [1.54, 1.807) is 0 Å². The van der Waals surface area contributed by atoms with Crippen LogP contribution in [-0.2, 0) is 33.8 Å². The number of nitrogens with zero attached hydrogens (tertiary/aromatic N) is 2. The fourth-order valence-corrected chi connectivity index (χ4v) is 3.12. The van der Waals surface area contributed by atoms with Crippen LogP contribution in [-0.4, -0.2) is 59.7 Å². The van der Waals surface area contributed by atoms with Gasteiger partial charge in [0.05, 0.1) is 25.5 Å². The van der Waals surface area contributed by atoms with Gasteiger partial charge in [0.15, 0.2) is 0 Å². The average molecular weight is 486 g/mol. The Morgan fingerprint density at radius 3 is 2.85 bits per heavy atom. The standard InChI is InChI=1S/C25H27FN4O4/c26-20-12-16(14-29-8-10-34-11-9-29)4-5-17(20)13-27-21-3-1-2-18-19(21)15-30(25(18)33)22-6-7-23(31)28-24(22)32/h1-5,12,22,27H,6-11,13-15H2,(H,28,31,32)/i6D2,7D2,8D2,9D2,10D2,11D2,13D2,14D2,15D2,22D. The van der Waals surface area contributed by atoms with Crippen molar-refractivity contribution >= 4 is 23.4 Å². The Balaban J connectivity index is 1.55. The van der Waals surface area contributed by atoms with Crippen molar-refractivity contribution in [2.45, 2.75) is 38.3 Å². The molecule has 2 fully saturated rings. The topological polar surface area (TPSA) is 91.0 Å². The minimum Gasteiger partial charge on any atom is -0.381 e. The zero-order chi connectivity index (χ0) is 40.7. The second-order valence-electron chi connectivity index (χ2n) is 6.78. The monoisotopic (exact) mass is 485 g/mol. The summed E-state index contributed by atoms with van der Waals surface area (Å²) in [6.45, 7) is -24.9. The number of halogens is 1. The molecule has 0 saturated carbocycles. The molecule has 3 aliphatic heterocycles. The first kappa shape index (κ1) is 9.39. The molecule has 1 atom stereocenters. The van der Waals surface area contributed by atoms with Gasteiger partial charge in [0.1, 0.15) is 11.8 Å². The number of benzene rings is 2. The van der Waals surface area contributed by atoms with Crippen LogP contribution in [0.25, 0.3) is 0 Å². The summed E-state index contributed by atoms with van der Waals surface area (Å²) in [5, 5.41) is 3.60. The van der Waals surface area contributed by atoms with Crippen molar-refractivity contribution in [2.24, 2.45) is 0 Å². The minimum atomic E-state index is -3.87. The van der Waals surface area contributed by atoms with E-state index < -0.39 is 121 Å². The van der Waals surface area contributed by atoms with E-state index in [-0.39, 0.29) is 4.90 Å². The molecule has 9 heteroatoms. The Hall–Kier alpha value is -3.30. The largest absolute Gasteiger partial charge is 0.381 e. The van der Waals surface area contributed by atoms with E-state index in [0.29, 0.717) is 18.2 Å². The van der Waals surface area contributed by atoms with E-state index in [1.165, 1.54) is 5.32 Å². The van der Waals surface area contributed by atoms with Crippen LogP contribution >= 0.6 is 0 Å². The molecule has 3 amide bonds. The number of hydrogen-bond acceptors (Lipinski definition) is 6. The third-order valence-electron chi connectivity index (χ3n) is 4.64. The molecule has 0 bridgehead atoms. The number of imide groups is 1. The van der Waals surface area contributed by atoms with Crippen LogP contribution in [0.1, 0.15) is 65.8 Å². The van der Waals surface area contributed by atoms with Gasteiger partial charge in [0.25, 0.3) is 5.91 Å². The second kappa shape index (κ2) is 9.52. The Labute approximate surface area is 223 Å². The van der Waals surface area contributed by atoms with Crippen LogP contribution in [0.15, 0.2) is 36.4 Å². The van der Waals surface area contributed by atoms with Crippen LogP contribution in [0.3, 0.4) is 0 Å². The van der Waals surface area contributed by atoms with Gasteiger partial charge in [-0.25, -0.2) is 4.39 Å². The highest BCUT2D eigenvalue weighted by molar-refractivity contribution is 6.06. The molecule has 178 valence electrons. The van der Waals surface area contributed by atoms with Crippen LogP contribution < -0.4 is 10.6 Å². The number of ether oxygens (including phenoxy) is 1. The maximum absolute atomic E-state index is 15.8. The SMILES string of the molecule is [2H]C([2H])(Nc1cccc2c1C([2H])([2H])N(C1([2H])C(=O)NC(=O)C([2H])([2H])C1([2H])[2H])C2=O)c1ccc(C([2H])([2H])N2C([2H])([2H])C([2H])([2H])OC([2H])([2H])C2([2H])[2H])cc1F. The number of piperidine rings is 1. The van der Waals surface area contributed by atoms with Crippen molar-refractivity contribution in [1.29, 1.82) is 0 Å². The molecule has 3 aliphatic rings. The number of fused-ring (bicyclic) bond motifs is 1. The van der Waals surface area contributed by atoms with E-state index in [1.807, 2.05) is 0 Å². The summed E-state index contributed by atoms with van der Waals surface area (Å²) < 4.78 is 177. The lowest BCUT2D eigenvalue weighted by Gasteiger charge is -2.29. The van der Waals surface area contributed by atoms with Gasteiger partial charge < -0.3 is 15.0 Å². The lowest BCUT2D eigenvalue weighted by molar-refractivity contribution is -0.136. The molecule has 34 heavy (non-hydrogen) atoms. The third-order valence-corrected chi connectivity index (χ3v) is 4.64. The van der Waals surface area contributed by atoms with Crippen molar-refractivity contribution in [3.63, 3.8) is 0 Å². The molecule has 0 spiro atoms. The summed E-state index contributed by atoms with van der Waals surface area (Å²) in [6.07, 6.45) is -7.51. The zero-order valence-electron chi connectivity index (χ0n) is 35.9. The van der Waals surface area contributed by atoms with Crippen molar-refractivity contribution < 1.29 is 49.6 Å². The Bertz CT molecular complexity index is 1920. The van der Waals surface area contributed by atoms with Crippen molar-refractivity contribution in [3.8, 4) is 0 Å². The molecule has 2 aromatic rings. The predicted molar refractivity (Wildman–Crippen MR) is 122 cm³/mol. The van der Waals surface area contributed by atoms with Gasteiger partial charge in [-0.3, -0.25) is 24.6 Å². The fraction of sp³-hybridized carbons (Fsp3) is 0.400. The first-order valence-electron chi connectivity index (χ1n) is 19.0. The van der Waals surface area contributed by atoms with Gasteiger partial charge in [-0.15, -0.1) is 0 Å². The van der Waals surface area contributed by atoms with Gasteiger partial charge in [0, 0.05) is 74.9 Å². The summed E-state index contributed by atoms with van der Waals surface area (Å²) in [7, 11) is 0. The summed E-state index contributed by atoms with van der Waals surface area (Å²) in [5.41, 5.74) is -4.00. The van der Waals surface area contributed by atoms with E-state index in [2.05, 4.69) is 10.1 Å². The highest BCUT2D eigenvalue weighted by atomic mass is 19.1. The van der Waals surface area contributed by atoms with Gasteiger partial charge in [-0.1, -0.05) is 18.2 Å². The smallest absolute Gasteiger partial charge is 0.255 e. The predicted octanol–water partition coefficient (Wildman–Crippen LogP) is 2.03. The number of carbonyl (C=O) groups excluding carboxylic acids is 3. The highest BCUT2D eigenvalue weighted by Crippen LogP contribution is 2.32. The van der Waals surface area contributed by atoms with Gasteiger partial charge in [-0.2, -0.15) is 0 Å². The summed E-state index contributed by atoms with van der Waals surface area (Å²) in [6, 6.07) is 0.804. The van der Waals surface area contributed by atoms with E-state index in [9.17, 15) is 14.4 Å². The Kier molecular flexibility index (Phi) is 2.63. The van der Waals surface area contributed by atoms with E-state index >= 15 is 4.39 Å². The number of anilines is 1. The summed E-state index contributed by atoms with van der Waals surface area (Å²) in [5.74, 6) is -6.81. The minimum absolute atomic E-state index is 0.240. The number of morpholine rings is 1.